The topological polar surface area (TPSA) is 62.8 Å². The van der Waals surface area contributed by atoms with Crippen molar-refractivity contribution in [3.63, 3.8) is 0 Å². The van der Waals surface area contributed by atoms with Crippen molar-refractivity contribution in [1.29, 1.82) is 0 Å². The Labute approximate surface area is 111 Å². The Morgan fingerprint density at radius 2 is 1.84 bits per heavy atom. The van der Waals surface area contributed by atoms with Gasteiger partial charge in [-0.2, -0.15) is 0 Å². The maximum atomic E-state index is 12.2. The largest absolute Gasteiger partial charge is 0.336 e. The summed E-state index contributed by atoms with van der Waals surface area (Å²) in [5, 5.41) is 2.01. The molecule has 0 aliphatic heterocycles. The van der Waals surface area contributed by atoms with Crippen LogP contribution in [0.2, 0.25) is 0 Å². The smallest absolute Gasteiger partial charge is 0.225 e. The molecule has 0 atom stereocenters. The van der Waals surface area contributed by atoms with Crippen molar-refractivity contribution in [2.75, 3.05) is 0 Å². The van der Waals surface area contributed by atoms with E-state index < -0.39 is 9.84 Å². The van der Waals surface area contributed by atoms with Crippen LogP contribution < -0.4 is 0 Å². The minimum Gasteiger partial charge on any atom is -0.336 e. The summed E-state index contributed by atoms with van der Waals surface area (Å²) in [6.07, 6.45) is 2.95. The third kappa shape index (κ3) is 2.24. The van der Waals surface area contributed by atoms with E-state index in [4.69, 9.17) is 0 Å². The molecule has 3 aromatic rings. The summed E-state index contributed by atoms with van der Waals surface area (Å²) in [6.45, 7) is 0. The van der Waals surface area contributed by atoms with E-state index in [-0.39, 0.29) is 10.9 Å². The Kier molecular flexibility index (Phi) is 2.83. The van der Waals surface area contributed by atoms with Gasteiger partial charge in [-0.05, 0) is 16.3 Å². The first-order chi connectivity index (χ1) is 9.17. The van der Waals surface area contributed by atoms with Gasteiger partial charge in [0.25, 0.3) is 0 Å². The van der Waals surface area contributed by atoms with Gasteiger partial charge in [0.05, 0.1) is 5.75 Å². The second-order valence-corrected chi connectivity index (χ2v) is 6.20. The third-order valence-corrected chi connectivity index (χ3v) is 4.50. The van der Waals surface area contributed by atoms with E-state index in [1.807, 2.05) is 42.5 Å². The molecule has 0 saturated heterocycles. The highest BCUT2D eigenvalue weighted by Gasteiger charge is 2.18. The summed E-state index contributed by atoms with van der Waals surface area (Å²) in [7, 11) is -3.43. The minimum atomic E-state index is -3.43. The molecule has 2 aromatic carbocycles. The zero-order valence-electron chi connectivity index (χ0n) is 10.1. The van der Waals surface area contributed by atoms with Gasteiger partial charge in [-0.25, -0.2) is 13.4 Å². The van der Waals surface area contributed by atoms with E-state index >= 15 is 0 Å². The Hall–Kier alpha value is -2.14. The number of hydrogen-bond donors (Lipinski definition) is 1. The fraction of sp³-hybridized carbons (Fsp3) is 0.0714. The highest BCUT2D eigenvalue weighted by molar-refractivity contribution is 7.90. The molecule has 1 aromatic heterocycles. The van der Waals surface area contributed by atoms with Crippen LogP contribution in [0, 0.1) is 0 Å². The fourth-order valence-electron chi connectivity index (χ4n) is 2.11. The summed E-state index contributed by atoms with van der Waals surface area (Å²) in [5.74, 6) is -0.0537. The number of nitrogens with zero attached hydrogens (tertiary/aromatic N) is 1. The molecule has 5 heteroatoms. The first-order valence-electron chi connectivity index (χ1n) is 5.85. The number of rotatable bonds is 3. The summed E-state index contributed by atoms with van der Waals surface area (Å²) >= 11 is 0. The lowest BCUT2D eigenvalue weighted by atomic mass is 10.1. The third-order valence-electron chi connectivity index (χ3n) is 2.99. The molecule has 4 nitrogen and oxygen atoms in total. The van der Waals surface area contributed by atoms with Crippen molar-refractivity contribution in [1.82, 2.24) is 9.97 Å². The molecule has 0 amide bonds. The van der Waals surface area contributed by atoms with Gasteiger partial charge in [0.2, 0.25) is 15.0 Å². The van der Waals surface area contributed by atoms with E-state index in [2.05, 4.69) is 9.97 Å². The van der Waals surface area contributed by atoms with E-state index in [9.17, 15) is 8.42 Å². The van der Waals surface area contributed by atoms with Crippen molar-refractivity contribution in [2.24, 2.45) is 0 Å². The van der Waals surface area contributed by atoms with Gasteiger partial charge in [0, 0.05) is 12.4 Å². The van der Waals surface area contributed by atoms with E-state index in [0.717, 1.165) is 16.3 Å². The predicted octanol–water partition coefficient (Wildman–Crippen LogP) is 2.54. The normalized spacial score (nSPS) is 11.8. The maximum absolute atomic E-state index is 12.2. The van der Waals surface area contributed by atoms with E-state index in [0.29, 0.717) is 0 Å². The van der Waals surface area contributed by atoms with Gasteiger partial charge in [-0.15, -0.1) is 0 Å². The molecule has 3 rings (SSSR count). The fourth-order valence-corrected chi connectivity index (χ4v) is 3.38. The molecule has 0 fully saturated rings. The standard InChI is InChI=1S/C14H12N2O2S/c17-19(18,14-15-8-9-16-14)10-12-6-3-5-11-4-1-2-7-13(11)12/h1-9H,10H2,(H,15,16). The predicted molar refractivity (Wildman–Crippen MR) is 73.4 cm³/mol. The number of H-pyrrole nitrogens is 1. The summed E-state index contributed by atoms with van der Waals surface area (Å²) in [5.41, 5.74) is 0.787. The average molecular weight is 272 g/mol. The van der Waals surface area contributed by atoms with Crippen molar-refractivity contribution in [2.45, 2.75) is 10.9 Å². The van der Waals surface area contributed by atoms with Crippen LogP contribution in [0.25, 0.3) is 10.8 Å². The van der Waals surface area contributed by atoms with Crippen LogP contribution in [0.15, 0.2) is 60.0 Å². The molecular weight excluding hydrogens is 260 g/mol. The first kappa shape index (κ1) is 11.9. The van der Waals surface area contributed by atoms with Crippen LogP contribution >= 0.6 is 0 Å². The molecule has 0 aliphatic rings. The lowest BCUT2D eigenvalue weighted by Crippen LogP contribution is -2.07. The highest BCUT2D eigenvalue weighted by atomic mass is 32.2. The number of fused-ring (bicyclic) bond motifs is 1. The van der Waals surface area contributed by atoms with Crippen molar-refractivity contribution in [3.05, 3.63) is 60.4 Å². The molecular formula is C14H12N2O2S. The van der Waals surface area contributed by atoms with Crippen LogP contribution in [-0.2, 0) is 15.6 Å². The van der Waals surface area contributed by atoms with Crippen LogP contribution in [0.1, 0.15) is 5.56 Å². The second kappa shape index (κ2) is 4.51. The molecule has 1 N–H and O–H groups in total. The molecule has 0 bridgehead atoms. The summed E-state index contributed by atoms with van der Waals surface area (Å²) in [6, 6.07) is 13.4. The Bertz CT molecular complexity index is 803. The van der Waals surface area contributed by atoms with Gasteiger partial charge >= 0.3 is 0 Å². The number of aromatic amines is 1. The minimum absolute atomic E-state index is 0.0143. The van der Waals surface area contributed by atoms with Crippen molar-refractivity contribution in [3.8, 4) is 0 Å². The Morgan fingerprint density at radius 3 is 2.63 bits per heavy atom. The quantitative estimate of drug-likeness (QED) is 0.797. The number of benzene rings is 2. The molecule has 0 spiro atoms. The number of imidazole rings is 1. The molecule has 0 radical (unpaired) electrons. The molecule has 1 heterocycles. The summed E-state index contributed by atoms with van der Waals surface area (Å²) in [4.78, 5) is 6.47. The summed E-state index contributed by atoms with van der Waals surface area (Å²) < 4.78 is 24.4. The molecule has 0 aliphatic carbocycles. The van der Waals surface area contributed by atoms with Gasteiger partial charge < -0.3 is 4.98 Å². The van der Waals surface area contributed by atoms with E-state index in [1.165, 1.54) is 12.4 Å². The Morgan fingerprint density at radius 1 is 1.05 bits per heavy atom. The zero-order chi connectivity index (χ0) is 13.3. The van der Waals surface area contributed by atoms with Gasteiger partial charge in [0.15, 0.2) is 0 Å². The van der Waals surface area contributed by atoms with Crippen LogP contribution in [0.4, 0.5) is 0 Å². The number of aromatic nitrogens is 2. The van der Waals surface area contributed by atoms with Gasteiger partial charge in [-0.1, -0.05) is 42.5 Å². The lowest BCUT2D eigenvalue weighted by molar-refractivity contribution is 0.588. The number of sulfone groups is 1. The zero-order valence-corrected chi connectivity index (χ0v) is 10.9. The highest BCUT2D eigenvalue weighted by Crippen LogP contribution is 2.22. The molecule has 19 heavy (non-hydrogen) atoms. The second-order valence-electron chi connectivity index (χ2n) is 4.29. The average Bonchev–Trinajstić information content (AvgIpc) is 2.93. The van der Waals surface area contributed by atoms with Gasteiger partial charge in [0.1, 0.15) is 0 Å². The van der Waals surface area contributed by atoms with Crippen molar-refractivity contribution >= 4 is 20.6 Å². The van der Waals surface area contributed by atoms with Crippen molar-refractivity contribution < 1.29 is 8.42 Å². The first-order valence-corrected chi connectivity index (χ1v) is 7.51. The Balaban J connectivity index is 2.07. The molecule has 96 valence electrons. The number of hydrogen-bond acceptors (Lipinski definition) is 3. The van der Waals surface area contributed by atoms with E-state index in [1.54, 1.807) is 0 Å². The maximum Gasteiger partial charge on any atom is 0.225 e. The van der Waals surface area contributed by atoms with Gasteiger partial charge in [-0.3, -0.25) is 0 Å². The monoisotopic (exact) mass is 272 g/mol. The SMILES string of the molecule is O=S(=O)(Cc1cccc2ccccc12)c1ncc[nH]1. The number of nitrogens with one attached hydrogen (secondary N) is 1. The van der Waals surface area contributed by atoms with Crippen LogP contribution in [-0.4, -0.2) is 18.4 Å². The molecule has 0 unspecified atom stereocenters. The van der Waals surface area contributed by atoms with Crippen LogP contribution in [0.5, 0.6) is 0 Å². The molecule has 0 saturated carbocycles. The lowest BCUT2D eigenvalue weighted by Gasteiger charge is -2.06. The van der Waals surface area contributed by atoms with Crippen LogP contribution in [0.3, 0.4) is 0 Å².